The minimum atomic E-state index is -0.847. The van der Waals surface area contributed by atoms with Gasteiger partial charge in [0.15, 0.2) is 0 Å². The number of rotatable bonds is 3. The zero-order valence-electron chi connectivity index (χ0n) is 9.61. The standard InChI is InChI=1S/C13H13FO2S/c1-8-5-6-17-13(8)12(15)10-7-9(14)3-4-11(10)16-2/h3-7,12,15H,1-2H3. The predicted molar refractivity (Wildman–Crippen MR) is 66.1 cm³/mol. The highest BCUT2D eigenvalue weighted by Gasteiger charge is 2.19. The van der Waals surface area contributed by atoms with Gasteiger partial charge in [-0.1, -0.05) is 0 Å². The van der Waals surface area contributed by atoms with Crippen LogP contribution in [0.1, 0.15) is 22.1 Å². The molecule has 0 amide bonds. The van der Waals surface area contributed by atoms with E-state index in [4.69, 9.17) is 4.74 Å². The summed E-state index contributed by atoms with van der Waals surface area (Å²) in [6.45, 7) is 1.92. The quantitative estimate of drug-likeness (QED) is 0.908. The van der Waals surface area contributed by atoms with Crippen molar-refractivity contribution < 1.29 is 14.2 Å². The van der Waals surface area contributed by atoms with Gasteiger partial charge < -0.3 is 9.84 Å². The largest absolute Gasteiger partial charge is 0.496 e. The fraction of sp³-hybridized carbons (Fsp3) is 0.231. The molecule has 1 aromatic heterocycles. The summed E-state index contributed by atoms with van der Waals surface area (Å²) in [7, 11) is 1.50. The van der Waals surface area contributed by atoms with Gasteiger partial charge in [0.05, 0.1) is 7.11 Å². The van der Waals surface area contributed by atoms with Gasteiger partial charge in [0, 0.05) is 10.4 Å². The molecular formula is C13H13FO2S. The zero-order valence-corrected chi connectivity index (χ0v) is 10.4. The van der Waals surface area contributed by atoms with Gasteiger partial charge in [-0.25, -0.2) is 4.39 Å². The van der Waals surface area contributed by atoms with E-state index in [2.05, 4.69) is 0 Å². The normalized spacial score (nSPS) is 12.5. The summed E-state index contributed by atoms with van der Waals surface area (Å²) in [6.07, 6.45) is -0.847. The number of benzene rings is 1. The molecule has 0 radical (unpaired) electrons. The van der Waals surface area contributed by atoms with Crippen LogP contribution in [-0.2, 0) is 0 Å². The minimum absolute atomic E-state index is 0.381. The second kappa shape index (κ2) is 4.85. The number of hydrogen-bond donors (Lipinski definition) is 1. The van der Waals surface area contributed by atoms with Crippen molar-refractivity contribution >= 4 is 11.3 Å². The first-order valence-electron chi connectivity index (χ1n) is 5.19. The molecule has 0 saturated heterocycles. The molecule has 0 saturated carbocycles. The molecule has 2 nitrogen and oxygen atoms in total. The summed E-state index contributed by atoms with van der Waals surface area (Å²) in [5.41, 5.74) is 1.45. The van der Waals surface area contributed by atoms with E-state index in [1.807, 2.05) is 18.4 Å². The lowest BCUT2D eigenvalue weighted by atomic mass is 10.0. The summed E-state index contributed by atoms with van der Waals surface area (Å²) in [6, 6.07) is 6.07. The van der Waals surface area contributed by atoms with Crippen LogP contribution >= 0.6 is 11.3 Å². The topological polar surface area (TPSA) is 29.5 Å². The van der Waals surface area contributed by atoms with Gasteiger partial charge >= 0.3 is 0 Å². The number of methoxy groups -OCH3 is 1. The second-order valence-electron chi connectivity index (χ2n) is 3.76. The Labute approximate surface area is 103 Å². The Morgan fingerprint density at radius 1 is 1.35 bits per heavy atom. The lowest BCUT2D eigenvalue weighted by Gasteiger charge is -2.14. The predicted octanol–water partition coefficient (Wildman–Crippen LogP) is 3.29. The first-order valence-corrected chi connectivity index (χ1v) is 6.07. The van der Waals surface area contributed by atoms with Crippen LogP contribution in [0.15, 0.2) is 29.6 Å². The Kier molecular flexibility index (Phi) is 3.45. The molecule has 1 heterocycles. The maximum atomic E-state index is 13.2. The number of thiophene rings is 1. The van der Waals surface area contributed by atoms with E-state index in [-0.39, 0.29) is 5.82 Å². The number of ether oxygens (including phenoxy) is 1. The van der Waals surface area contributed by atoms with E-state index >= 15 is 0 Å². The van der Waals surface area contributed by atoms with E-state index < -0.39 is 6.10 Å². The molecule has 2 aromatic rings. The molecule has 0 aliphatic heterocycles. The molecule has 1 unspecified atom stereocenters. The van der Waals surface area contributed by atoms with Gasteiger partial charge in [0.1, 0.15) is 17.7 Å². The van der Waals surface area contributed by atoms with Gasteiger partial charge in [-0.3, -0.25) is 0 Å². The monoisotopic (exact) mass is 252 g/mol. The molecule has 0 aliphatic rings. The molecule has 1 N–H and O–H groups in total. The van der Waals surface area contributed by atoms with Crippen molar-refractivity contribution in [1.29, 1.82) is 0 Å². The number of aliphatic hydroxyl groups is 1. The van der Waals surface area contributed by atoms with E-state index in [1.54, 1.807) is 0 Å². The van der Waals surface area contributed by atoms with Crippen molar-refractivity contribution in [3.05, 3.63) is 51.5 Å². The average Bonchev–Trinajstić information content (AvgIpc) is 2.74. The lowest BCUT2D eigenvalue weighted by Crippen LogP contribution is -2.02. The van der Waals surface area contributed by atoms with Crippen molar-refractivity contribution in [3.8, 4) is 5.75 Å². The van der Waals surface area contributed by atoms with Crippen LogP contribution in [0, 0.1) is 12.7 Å². The fourth-order valence-electron chi connectivity index (χ4n) is 1.72. The Morgan fingerprint density at radius 2 is 2.12 bits per heavy atom. The molecule has 2 rings (SSSR count). The van der Waals surface area contributed by atoms with Crippen LogP contribution in [0.4, 0.5) is 4.39 Å². The van der Waals surface area contributed by atoms with Crippen LogP contribution in [0.5, 0.6) is 5.75 Å². The summed E-state index contributed by atoms with van der Waals surface area (Å²) >= 11 is 1.45. The van der Waals surface area contributed by atoms with Crippen molar-refractivity contribution in [2.75, 3.05) is 7.11 Å². The van der Waals surface area contributed by atoms with Crippen LogP contribution < -0.4 is 4.74 Å². The van der Waals surface area contributed by atoms with Crippen LogP contribution in [0.25, 0.3) is 0 Å². The van der Waals surface area contributed by atoms with Crippen molar-refractivity contribution in [1.82, 2.24) is 0 Å². The number of halogens is 1. The average molecular weight is 252 g/mol. The molecule has 90 valence electrons. The van der Waals surface area contributed by atoms with E-state index in [9.17, 15) is 9.50 Å². The first kappa shape index (κ1) is 12.1. The Hall–Kier alpha value is -1.39. The number of aryl methyl sites for hydroxylation is 1. The van der Waals surface area contributed by atoms with Crippen molar-refractivity contribution in [2.45, 2.75) is 13.0 Å². The fourth-order valence-corrected chi connectivity index (χ4v) is 2.65. The highest BCUT2D eigenvalue weighted by atomic mass is 32.1. The molecule has 4 heteroatoms. The molecule has 0 bridgehead atoms. The summed E-state index contributed by atoms with van der Waals surface area (Å²) < 4.78 is 18.4. The lowest BCUT2D eigenvalue weighted by molar-refractivity contribution is 0.217. The van der Waals surface area contributed by atoms with Gasteiger partial charge in [-0.2, -0.15) is 0 Å². The Balaban J connectivity index is 2.46. The van der Waals surface area contributed by atoms with Crippen molar-refractivity contribution in [2.24, 2.45) is 0 Å². The van der Waals surface area contributed by atoms with Gasteiger partial charge in [-0.05, 0) is 42.1 Å². The molecule has 1 aromatic carbocycles. The van der Waals surface area contributed by atoms with Crippen LogP contribution in [0.3, 0.4) is 0 Å². The molecule has 0 aliphatic carbocycles. The molecule has 0 fully saturated rings. The number of hydrogen-bond acceptors (Lipinski definition) is 3. The van der Waals surface area contributed by atoms with Gasteiger partial charge in [0.25, 0.3) is 0 Å². The number of aliphatic hydroxyl groups excluding tert-OH is 1. The SMILES string of the molecule is COc1ccc(F)cc1C(O)c1sccc1C. The minimum Gasteiger partial charge on any atom is -0.496 e. The highest BCUT2D eigenvalue weighted by Crippen LogP contribution is 2.34. The highest BCUT2D eigenvalue weighted by molar-refractivity contribution is 7.10. The van der Waals surface area contributed by atoms with Gasteiger partial charge in [0.2, 0.25) is 0 Å². The van der Waals surface area contributed by atoms with Gasteiger partial charge in [-0.15, -0.1) is 11.3 Å². The van der Waals surface area contributed by atoms with E-state index in [0.29, 0.717) is 11.3 Å². The van der Waals surface area contributed by atoms with E-state index in [0.717, 1.165) is 10.4 Å². The Bertz CT molecular complexity index is 522. The maximum Gasteiger partial charge on any atom is 0.125 e. The first-order chi connectivity index (χ1) is 8.13. The maximum absolute atomic E-state index is 13.2. The summed E-state index contributed by atoms with van der Waals surface area (Å²) in [5.74, 6) is 0.112. The zero-order chi connectivity index (χ0) is 12.4. The smallest absolute Gasteiger partial charge is 0.125 e. The third kappa shape index (κ3) is 2.33. The summed E-state index contributed by atoms with van der Waals surface area (Å²) in [5, 5.41) is 12.2. The molecular weight excluding hydrogens is 239 g/mol. The molecule has 1 atom stereocenters. The third-order valence-electron chi connectivity index (χ3n) is 2.64. The van der Waals surface area contributed by atoms with Crippen LogP contribution in [0.2, 0.25) is 0 Å². The molecule has 0 spiro atoms. The third-order valence-corrected chi connectivity index (χ3v) is 3.71. The van der Waals surface area contributed by atoms with E-state index in [1.165, 1.54) is 36.6 Å². The summed E-state index contributed by atoms with van der Waals surface area (Å²) in [4.78, 5) is 0.814. The van der Waals surface area contributed by atoms with Crippen molar-refractivity contribution in [3.63, 3.8) is 0 Å². The Morgan fingerprint density at radius 3 is 2.71 bits per heavy atom. The second-order valence-corrected chi connectivity index (χ2v) is 4.70. The van der Waals surface area contributed by atoms with Crippen LogP contribution in [-0.4, -0.2) is 12.2 Å². The molecule has 17 heavy (non-hydrogen) atoms.